The van der Waals surface area contributed by atoms with Crippen LogP contribution in [0.2, 0.25) is 0 Å². The highest BCUT2D eigenvalue weighted by Crippen LogP contribution is 2.17. The quantitative estimate of drug-likeness (QED) is 0.442. The van der Waals surface area contributed by atoms with Gasteiger partial charge in [0, 0.05) is 13.5 Å². The summed E-state index contributed by atoms with van der Waals surface area (Å²) >= 11 is 0. The molecule has 0 heterocycles. The molecule has 0 aliphatic heterocycles. The minimum Gasteiger partial charge on any atom is -0.387 e. The number of rotatable bonds is 1. The Balaban J connectivity index is 0. The molecule has 0 aliphatic carbocycles. The summed E-state index contributed by atoms with van der Waals surface area (Å²) in [6.45, 7) is 6.43. The summed E-state index contributed by atoms with van der Waals surface area (Å²) < 4.78 is 0. The Hall–Kier alpha value is -0.570. The smallest absolute Gasteiger partial charge is 0.0938 e. The first-order chi connectivity index (χ1) is 4.95. The average molecular weight is 159 g/mol. The fourth-order valence-corrected chi connectivity index (χ4v) is 0.622. The Morgan fingerprint density at radius 1 is 1.27 bits per heavy atom. The molecule has 0 fully saturated rings. The van der Waals surface area contributed by atoms with E-state index in [1.54, 1.807) is 7.05 Å². The van der Waals surface area contributed by atoms with Crippen LogP contribution in [0.15, 0.2) is 4.99 Å². The van der Waals surface area contributed by atoms with E-state index in [0.29, 0.717) is 0 Å². The Morgan fingerprint density at radius 3 is 1.73 bits per heavy atom. The number of nitrogens with two attached hydrogens (primary N) is 2. The maximum absolute atomic E-state index is 5.51. The lowest BCUT2D eigenvalue weighted by molar-refractivity contribution is 0.432. The molecule has 0 aromatic rings. The van der Waals surface area contributed by atoms with Crippen molar-refractivity contribution in [2.45, 2.75) is 27.2 Å². The lowest BCUT2D eigenvalue weighted by Crippen LogP contribution is -2.19. The van der Waals surface area contributed by atoms with E-state index in [-0.39, 0.29) is 5.41 Å². The zero-order chi connectivity index (χ0) is 9.49. The Bertz CT molecular complexity index is 111. The first kappa shape index (κ1) is 13.1. The number of aliphatic imine (C=N–C) groups is 1. The first-order valence-electron chi connectivity index (χ1n) is 3.74. The predicted octanol–water partition coefficient (Wildman–Crippen LogP) is 0.984. The van der Waals surface area contributed by atoms with Gasteiger partial charge in [0.25, 0.3) is 0 Å². The third-order valence-corrected chi connectivity index (χ3v) is 0.999. The highest BCUT2D eigenvalue weighted by atomic mass is 14.8. The van der Waals surface area contributed by atoms with E-state index in [0.717, 1.165) is 12.3 Å². The summed E-state index contributed by atoms with van der Waals surface area (Å²) in [6, 6.07) is 0. The van der Waals surface area contributed by atoms with Crippen molar-refractivity contribution in [1.29, 1.82) is 0 Å². The Labute approximate surface area is 69.9 Å². The molecule has 0 atom stereocenters. The fraction of sp³-hybridized carbons (Fsp3) is 0.875. The summed E-state index contributed by atoms with van der Waals surface area (Å²) in [5.74, 6) is 0.738. The number of hydrogen-bond acceptors (Lipinski definition) is 2. The monoisotopic (exact) mass is 159 g/mol. The van der Waals surface area contributed by atoms with Crippen molar-refractivity contribution in [3.63, 3.8) is 0 Å². The van der Waals surface area contributed by atoms with Crippen LogP contribution in [-0.4, -0.2) is 19.9 Å². The van der Waals surface area contributed by atoms with Crippen LogP contribution in [0, 0.1) is 5.41 Å². The highest BCUT2D eigenvalue weighted by Gasteiger charge is 2.10. The van der Waals surface area contributed by atoms with E-state index in [1.807, 2.05) is 0 Å². The summed E-state index contributed by atoms with van der Waals surface area (Å²) in [5, 5.41) is 0. The topological polar surface area (TPSA) is 64.4 Å². The minimum absolute atomic E-state index is 0.267. The predicted molar refractivity (Wildman–Crippen MR) is 51.7 cm³/mol. The fourth-order valence-electron chi connectivity index (χ4n) is 0.622. The van der Waals surface area contributed by atoms with Crippen molar-refractivity contribution >= 4 is 5.84 Å². The molecule has 68 valence electrons. The normalized spacial score (nSPS) is 12.0. The van der Waals surface area contributed by atoms with Gasteiger partial charge in [0.1, 0.15) is 0 Å². The van der Waals surface area contributed by atoms with E-state index < -0.39 is 0 Å². The van der Waals surface area contributed by atoms with E-state index in [1.165, 1.54) is 7.05 Å². The van der Waals surface area contributed by atoms with Gasteiger partial charge in [-0.05, 0) is 12.5 Å². The number of nitrogens with zero attached hydrogens (tertiary/aromatic N) is 1. The molecule has 0 aliphatic rings. The van der Waals surface area contributed by atoms with Crippen molar-refractivity contribution < 1.29 is 0 Å². The van der Waals surface area contributed by atoms with Gasteiger partial charge in [-0.2, -0.15) is 0 Å². The molecule has 3 nitrogen and oxygen atoms in total. The van der Waals surface area contributed by atoms with Gasteiger partial charge in [-0.3, -0.25) is 4.99 Å². The highest BCUT2D eigenvalue weighted by molar-refractivity contribution is 5.80. The van der Waals surface area contributed by atoms with Gasteiger partial charge in [0.15, 0.2) is 0 Å². The summed E-state index contributed by atoms with van der Waals surface area (Å²) in [6.07, 6.45) is 0.878. The van der Waals surface area contributed by atoms with Crippen LogP contribution in [0.4, 0.5) is 0 Å². The lowest BCUT2D eigenvalue weighted by atomic mass is 9.92. The maximum Gasteiger partial charge on any atom is 0.0938 e. The van der Waals surface area contributed by atoms with E-state index in [2.05, 4.69) is 31.5 Å². The second-order valence-electron chi connectivity index (χ2n) is 3.45. The SMILES string of the molecule is CN.CN=C(N)CC(C)(C)C. The Kier molecular flexibility index (Phi) is 7.31. The molecule has 11 heavy (non-hydrogen) atoms. The van der Waals surface area contributed by atoms with E-state index in [9.17, 15) is 0 Å². The van der Waals surface area contributed by atoms with Crippen LogP contribution < -0.4 is 11.5 Å². The largest absolute Gasteiger partial charge is 0.387 e. The van der Waals surface area contributed by atoms with Gasteiger partial charge in [-0.25, -0.2) is 0 Å². The van der Waals surface area contributed by atoms with Crippen molar-refractivity contribution in [3.05, 3.63) is 0 Å². The molecule has 0 spiro atoms. The first-order valence-corrected chi connectivity index (χ1v) is 3.74. The molecule has 0 saturated heterocycles. The zero-order valence-corrected chi connectivity index (χ0v) is 8.31. The minimum atomic E-state index is 0.267. The van der Waals surface area contributed by atoms with Crippen molar-refractivity contribution in [2.24, 2.45) is 21.9 Å². The molecular weight excluding hydrogens is 138 g/mol. The molecule has 0 radical (unpaired) electrons. The Morgan fingerprint density at radius 2 is 1.64 bits per heavy atom. The summed E-state index contributed by atoms with van der Waals surface area (Å²) in [7, 11) is 3.22. The third-order valence-electron chi connectivity index (χ3n) is 0.999. The molecular formula is C8H21N3. The molecule has 3 heteroatoms. The second-order valence-corrected chi connectivity index (χ2v) is 3.45. The van der Waals surface area contributed by atoms with Crippen LogP contribution in [0.3, 0.4) is 0 Å². The van der Waals surface area contributed by atoms with Crippen molar-refractivity contribution in [3.8, 4) is 0 Å². The van der Waals surface area contributed by atoms with Crippen LogP contribution >= 0.6 is 0 Å². The van der Waals surface area contributed by atoms with Crippen LogP contribution in [0.1, 0.15) is 27.2 Å². The van der Waals surface area contributed by atoms with Gasteiger partial charge < -0.3 is 11.5 Å². The van der Waals surface area contributed by atoms with E-state index >= 15 is 0 Å². The molecule has 0 unspecified atom stereocenters. The zero-order valence-electron chi connectivity index (χ0n) is 8.31. The molecule has 0 saturated carbocycles. The van der Waals surface area contributed by atoms with E-state index in [4.69, 9.17) is 5.73 Å². The van der Waals surface area contributed by atoms with Gasteiger partial charge in [0.2, 0.25) is 0 Å². The molecule has 4 N–H and O–H groups in total. The summed E-state index contributed by atoms with van der Waals surface area (Å²) in [4.78, 5) is 3.87. The maximum atomic E-state index is 5.51. The van der Waals surface area contributed by atoms with Crippen molar-refractivity contribution in [2.75, 3.05) is 14.1 Å². The molecule has 0 rings (SSSR count). The lowest BCUT2D eigenvalue weighted by Gasteiger charge is -2.16. The van der Waals surface area contributed by atoms with Crippen molar-refractivity contribution in [1.82, 2.24) is 0 Å². The molecule has 0 aromatic carbocycles. The van der Waals surface area contributed by atoms with Gasteiger partial charge in [0.05, 0.1) is 5.84 Å². The van der Waals surface area contributed by atoms with Gasteiger partial charge in [-0.15, -0.1) is 0 Å². The van der Waals surface area contributed by atoms with Gasteiger partial charge in [-0.1, -0.05) is 20.8 Å². The van der Waals surface area contributed by atoms with Gasteiger partial charge >= 0.3 is 0 Å². The number of amidine groups is 1. The number of hydrogen-bond donors (Lipinski definition) is 2. The van der Waals surface area contributed by atoms with Crippen LogP contribution in [0.5, 0.6) is 0 Å². The molecule has 0 aromatic heterocycles. The molecule has 0 bridgehead atoms. The standard InChI is InChI=1S/C7H16N2.CH5N/c1-7(2,3)5-6(8)9-4;1-2/h5H2,1-4H3,(H2,8,9);2H2,1H3. The third kappa shape index (κ3) is 12.6. The average Bonchev–Trinajstić information content (AvgIpc) is 1.89. The van der Waals surface area contributed by atoms with Crippen LogP contribution in [0.25, 0.3) is 0 Å². The van der Waals surface area contributed by atoms with Crippen LogP contribution in [-0.2, 0) is 0 Å². The molecule has 0 amide bonds. The second kappa shape index (κ2) is 6.16. The summed E-state index contributed by atoms with van der Waals surface area (Å²) in [5.41, 5.74) is 10.3.